The minimum absolute atomic E-state index is 0.0743. The first-order valence-corrected chi connectivity index (χ1v) is 12.8. The van der Waals surface area contributed by atoms with Crippen molar-refractivity contribution in [3.05, 3.63) is 102 Å². The number of hydrogen-bond donors (Lipinski definition) is 0. The molecule has 4 rings (SSSR count). The average molecular weight is 604 g/mol. The van der Waals surface area contributed by atoms with E-state index in [1.807, 2.05) is 61.5 Å². The molecule has 34 heavy (non-hydrogen) atoms. The van der Waals surface area contributed by atoms with Gasteiger partial charge >= 0.3 is 0 Å². The van der Waals surface area contributed by atoms with Gasteiger partial charge in [-0.2, -0.15) is 9.78 Å². The summed E-state index contributed by atoms with van der Waals surface area (Å²) >= 11 is 13.2. The van der Waals surface area contributed by atoms with E-state index in [4.69, 9.17) is 21.3 Å². The highest BCUT2D eigenvalue weighted by Gasteiger charge is 2.15. The number of nitrogens with zero attached hydrogens (tertiary/aromatic N) is 3. The molecule has 0 spiro atoms. The van der Waals surface area contributed by atoms with Gasteiger partial charge in [-0.05, 0) is 70.4 Å². The minimum Gasteiger partial charge on any atom is -0.488 e. The molecule has 8 heteroatoms. The van der Waals surface area contributed by atoms with Crippen molar-refractivity contribution >= 4 is 60.6 Å². The molecule has 0 N–H and O–H groups in total. The molecule has 1 atom stereocenters. The third kappa shape index (κ3) is 5.43. The molecule has 0 radical (unpaired) electrons. The van der Waals surface area contributed by atoms with E-state index in [9.17, 15) is 4.79 Å². The van der Waals surface area contributed by atoms with Crippen LogP contribution in [0.2, 0.25) is 5.02 Å². The van der Waals surface area contributed by atoms with E-state index in [-0.39, 0.29) is 11.5 Å². The van der Waals surface area contributed by atoms with Crippen LogP contribution in [0.25, 0.3) is 10.9 Å². The molecule has 0 aliphatic carbocycles. The summed E-state index contributed by atoms with van der Waals surface area (Å²) in [5.41, 5.74) is 2.19. The van der Waals surface area contributed by atoms with Gasteiger partial charge in [0.05, 0.1) is 21.6 Å². The fourth-order valence-corrected chi connectivity index (χ4v) is 4.45. The molecular weight excluding hydrogens is 582 g/mol. The van der Waals surface area contributed by atoms with Gasteiger partial charge in [0.2, 0.25) is 0 Å². The molecule has 0 amide bonds. The summed E-state index contributed by atoms with van der Waals surface area (Å²) in [7, 11) is 0. The van der Waals surface area contributed by atoms with Crippen molar-refractivity contribution in [3.8, 4) is 5.75 Å². The number of rotatable bonds is 7. The Hall–Kier alpha value is -2.48. The molecule has 1 heterocycles. The molecule has 174 valence electrons. The van der Waals surface area contributed by atoms with Crippen LogP contribution in [0, 0.1) is 0 Å². The summed E-state index contributed by atoms with van der Waals surface area (Å²) in [5.74, 6) is 1.40. The van der Waals surface area contributed by atoms with E-state index in [2.05, 4.69) is 43.9 Å². The molecule has 0 unspecified atom stereocenters. The second-order valence-corrected chi connectivity index (χ2v) is 10.0. The highest BCUT2D eigenvalue weighted by atomic mass is 79.9. The second kappa shape index (κ2) is 10.8. The first-order valence-electron chi connectivity index (χ1n) is 10.8. The lowest BCUT2D eigenvalue weighted by molar-refractivity contribution is 0.304. The largest absolute Gasteiger partial charge is 0.488 e. The van der Waals surface area contributed by atoms with Gasteiger partial charge < -0.3 is 4.74 Å². The molecule has 0 saturated carbocycles. The van der Waals surface area contributed by atoms with E-state index in [1.54, 1.807) is 12.3 Å². The second-order valence-electron chi connectivity index (χ2n) is 7.87. The monoisotopic (exact) mass is 601 g/mol. The van der Waals surface area contributed by atoms with Crippen LogP contribution in [-0.4, -0.2) is 15.9 Å². The van der Waals surface area contributed by atoms with Crippen LogP contribution in [-0.2, 0) is 6.61 Å². The zero-order valence-electron chi connectivity index (χ0n) is 18.6. The number of hydrogen-bond acceptors (Lipinski definition) is 4. The van der Waals surface area contributed by atoms with Crippen molar-refractivity contribution in [2.75, 3.05) is 0 Å². The first kappa shape index (κ1) is 24.6. The summed E-state index contributed by atoms with van der Waals surface area (Å²) < 4.78 is 8.92. The Labute approximate surface area is 219 Å². The third-order valence-electron chi connectivity index (χ3n) is 5.51. The SMILES string of the molecule is CC[C@@H](C)c1nc2ccc(Br)cc2c(=O)n1N=Cc1ccc(OCc2ccccc2Cl)c(Br)c1. The van der Waals surface area contributed by atoms with E-state index in [1.165, 1.54) is 4.68 Å². The summed E-state index contributed by atoms with van der Waals surface area (Å²) in [6.45, 7) is 4.47. The van der Waals surface area contributed by atoms with E-state index in [0.29, 0.717) is 34.1 Å². The van der Waals surface area contributed by atoms with Crippen LogP contribution >= 0.6 is 43.5 Å². The van der Waals surface area contributed by atoms with Crippen LogP contribution in [0.1, 0.15) is 43.1 Å². The summed E-state index contributed by atoms with van der Waals surface area (Å²) in [6.07, 6.45) is 2.49. The summed E-state index contributed by atoms with van der Waals surface area (Å²) in [5, 5.41) is 5.71. The van der Waals surface area contributed by atoms with Crippen LogP contribution in [0.5, 0.6) is 5.75 Å². The highest BCUT2D eigenvalue weighted by molar-refractivity contribution is 9.10. The molecule has 0 aliphatic rings. The van der Waals surface area contributed by atoms with E-state index < -0.39 is 0 Å². The fraction of sp³-hybridized carbons (Fsp3) is 0.192. The third-order valence-corrected chi connectivity index (χ3v) is 6.99. The van der Waals surface area contributed by atoms with Crippen LogP contribution in [0.3, 0.4) is 0 Å². The van der Waals surface area contributed by atoms with E-state index >= 15 is 0 Å². The van der Waals surface area contributed by atoms with Gasteiger partial charge in [0.1, 0.15) is 18.2 Å². The molecule has 4 aromatic rings. The molecule has 0 aliphatic heterocycles. The Kier molecular flexibility index (Phi) is 7.86. The van der Waals surface area contributed by atoms with Gasteiger partial charge in [-0.3, -0.25) is 4.79 Å². The van der Waals surface area contributed by atoms with Crippen molar-refractivity contribution in [1.29, 1.82) is 0 Å². The zero-order valence-corrected chi connectivity index (χ0v) is 22.6. The fourth-order valence-electron chi connectivity index (χ4n) is 3.39. The molecule has 0 bridgehead atoms. The number of ether oxygens (including phenoxy) is 1. The highest BCUT2D eigenvalue weighted by Crippen LogP contribution is 2.27. The predicted octanol–water partition coefficient (Wildman–Crippen LogP) is 7.55. The molecule has 1 aromatic heterocycles. The van der Waals surface area contributed by atoms with Crippen LogP contribution in [0.4, 0.5) is 0 Å². The van der Waals surface area contributed by atoms with Crippen molar-refractivity contribution in [1.82, 2.24) is 9.66 Å². The Morgan fingerprint density at radius 1 is 1.15 bits per heavy atom. The van der Waals surface area contributed by atoms with E-state index in [0.717, 1.165) is 26.5 Å². The quantitative estimate of drug-likeness (QED) is 0.205. The number of fused-ring (bicyclic) bond motifs is 1. The standard InChI is InChI=1S/C26H22Br2ClN3O2/c1-3-16(2)25-31-23-10-9-19(27)13-20(23)26(33)32(25)30-14-17-8-11-24(21(28)12-17)34-15-18-6-4-5-7-22(18)29/h4-14,16H,3,15H2,1-2H3/t16-/m1/s1. The van der Waals surface area contributed by atoms with Crippen molar-refractivity contribution in [2.45, 2.75) is 32.8 Å². The Balaban J connectivity index is 1.63. The number of aromatic nitrogens is 2. The minimum atomic E-state index is -0.198. The Bertz CT molecular complexity index is 1440. The van der Waals surface area contributed by atoms with Gasteiger partial charge in [0, 0.05) is 21.0 Å². The van der Waals surface area contributed by atoms with Gasteiger partial charge in [0.15, 0.2) is 0 Å². The number of benzene rings is 3. The molecule has 0 saturated heterocycles. The van der Waals surface area contributed by atoms with Crippen molar-refractivity contribution in [2.24, 2.45) is 5.10 Å². The predicted molar refractivity (Wildman–Crippen MR) is 145 cm³/mol. The first-order chi connectivity index (χ1) is 16.4. The van der Waals surface area contributed by atoms with Gasteiger partial charge in [-0.1, -0.05) is 59.6 Å². The van der Waals surface area contributed by atoms with Gasteiger partial charge in [-0.15, -0.1) is 0 Å². The maximum atomic E-state index is 13.3. The molecule has 3 aromatic carbocycles. The number of halogens is 3. The molecule has 5 nitrogen and oxygen atoms in total. The van der Waals surface area contributed by atoms with Gasteiger partial charge in [-0.25, -0.2) is 4.98 Å². The zero-order chi connectivity index (χ0) is 24.2. The lowest BCUT2D eigenvalue weighted by Crippen LogP contribution is -2.23. The maximum absolute atomic E-state index is 13.3. The molecular formula is C26H22Br2ClN3O2. The van der Waals surface area contributed by atoms with Gasteiger partial charge in [0.25, 0.3) is 5.56 Å². The smallest absolute Gasteiger partial charge is 0.282 e. The summed E-state index contributed by atoms with van der Waals surface area (Å²) in [6, 6.07) is 18.7. The van der Waals surface area contributed by atoms with Crippen LogP contribution < -0.4 is 10.3 Å². The topological polar surface area (TPSA) is 56.5 Å². The molecule has 0 fully saturated rings. The lowest BCUT2D eigenvalue weighted by Gasteiger charge is -2.14. The van der Waals surface area contributed by atoms with Crippen molar-refractivity contribution < 1.29 is 4.74 Å². The van der Waals surface area contributed by atoms with Crippen LogP contribution in [0.15, 0.2) is 79.5 Å². The summed E-state index contributed by atoms with van der Waals surface area (Å²) in [4.78, 5) is 18.0. The normalized spacial score (nSPS) is 12.4. The maximum Gasteiger partial charge on any atom is 0.282 e. The lowest BCUT2D eigenvalue weighted by atomic mass is 10.1. The Morgan fingerprint density at radius 2 is 1.94 bits per heavy atom. The average Bonchev–Trinajstić information content (AvgIpc) is 2.83. The Morgan fingerprint density at radius 3 is 2.68 bits per heavy atom. The van der Waals surface area contributed by atoms with Crippen molar-refractivity contribution in [3.63, 3.8) is 0 Å².